The zero-order valence-corrected chi connectivity index (χ0v) is 44.4. The SMILES string of the molecule is CC/C=C\C/C=C\C/C=C\C/C=C\C/C=C\CCCCCCCC(=O)OCC(COC(=O)CCCCCCCCCCCCCCCC)OC(=O)CCCCCCCCCCCCCCCC. The van der Waals surface area contributed by atoms with Crippen LogP contribution in [0.5, 0.6) is 0 Å². The van der Waals surface area contributed by atoms with Crippen molar-refractivity contribution in [3.05, 3.63) is 60.8 Å². The van der Waals surface area contributed by atoms with Crippen molar-refractivity contribution in [1.29, 1.82) is 0 Å². The second-order valence-corrected chi connectivity index (χ2v) is 19.2. The molecule has 0 aliphatic rings. The molecule has 0 aromatic carbocycles. The first-order valence-corrected chi connectivity index (χ1v) is 28.8. The third kappa shape index (κ3) is 53.9. The highest BCUT2D eigenvalue weighted by Gasteiger charge is 2.19. The molecule has 0 radical (unpaired) electrons. The number of esters is 3. The maximum absolute atomic E-state index is 12.8. The molecule has 0 amide bonds. The summed E-state index contributed by atoms with van der Waals surface area (Å²) < 4.78 is 16.9. The number of unbranched alkanes of at least 4 members (excludes halogenated alkanes) is 31. The van der Waals surface area contributed by atoms with Gasteiger partial charge in [0.15, 0.2) is 6.10 Å². The van der Waals surface area contributed by atoms with Crippen LogP contribution in [0.25, 0.3) is 0 Å². The first kappa shape index (κ1) is 64.1. The van der Waals surface area contributed by atoms with Crippen LogP contribution in [0, 0.1) is 0 Å². The van der Waals surface area contributed by atoms with Crippen molar-refractivity contribution in [3.63, 3.8) is 0 Å². The van der Waals surface area contributed by atoms with E-state index in [1.165, 1.54) is 141 Å². The lowest BCUT2D eigenvalue weighted by Gasteiger charge is -2.18. The molecule has 0 spiro atoms. The smallest absolute Gasteiger partial charge is 0.306 e. The molecule has 0 aliphatic carbocycles. The van der Waals surface area contributed by atoms with Gasteiger partial charge in [0, 0.05) is 19.3 Å². The average Bonchev–Trinajstić information content (AvgIpc) is 3.33. The van der Waals surface area contributed by atoms with Gasteiger partial charge in [-0.1, -0.05) is 268 Å². The normalized spacial score (nSPS) is 12.5. The van der Waals surface area contributed by atoms with Crippen LogP contribution in [0.2, 0.25) is 0 Å². The standard InChI is InChI=1S/C61H108O6/c1-4-7-10-13-16-19-22-25-28-29-30-31-32-33-34-37-39-42-45-48-51-54-60(63)66-57-58(67-61(64)55-52-49-46-43-40-36-27-24-21-18-15-12-9-6-3)56-65-59(62)53-50-47-44-41-38-35-26-23-20-17-14-11-8-5-2/h7,10,16,19,25,28,30-31,33-34,58H,4-6,8-9,11-15,17-18,20-24,26-27,29,32,35-57H2,1-3H3/b10-7-,19-16-,28-25-,31-30-,34-33-. The number of hydrogen-bond donors (Lipinski definition) is 0. The lowest BCUT2D eigenvalue weighted by Crippen LogP contribution is -2.30. The van der Waals surface area contributed by atoms with Gasteiger partial charge in [-0.15, -0.1) is 0 Å². The fraction of sp³-hybridized carbons (Fsp3) is 0.787. The first-order chi connectivity index (χ1) is 33.0. The Balaban J connectivity index is 4.37. The van der Waals surface area contributed by atoms with Crippen LogP contribution >= 0.6 is 0 Å². The van der Waals surface area contributed by atoms with Crippen molar-refractivity contribution in [2.75, 3.05) is 13.2 Å². The van der Waals surface area contributed by atoms with E-state index in [1.807, 2.05) is 0 Å². The van der Waals surface area contributed by atoms with E-state index in [9.17, 15) is 14.4 Å². The number of allylic oxidation sites excluding steroid dienone is 10. The summed E-state index contributed by atoms with van der Waals surface area (Å²) in [5.41, 5.74) is 0. The first-order valence-electron chi connectivity index (χ1n) is 28.8. The maximum atomic E-state index is 12.8. The molecule has 1 atom stereocenters. The van der Waals surface area contributed by atoms with E-state index in [2.05, 4.69) is 81.5 Å². The molecule has 6 heteroatoms. The molecule has 388 valence electrons. The second-order valence-electron chi connectivity index (χ2n) is 19.2. The van der Waals surface area contributed by atoms with E-state index < -0.39 is 6.10 Å². The van der Waals surface area contributed by atoms with Crippen LogP contribution < -0.4 is 0 Å². The van der Waals surface area contributed by atoms with Crippen molar-refractivity contribution >= 4 is 17.9 Å². The Morgan fingerprint density at radius 3 is 0.910 bits per heavy atom. The molecule has 0 heterocycles. The van der Waals surface area contributed by atoms with Gasteiger partial charge in [-0.2, -0.15) is 0 Å². The summed E-state index contributed by atoms with van der Waals surface area (Å²) >= 11 is 0. The van der Waals surface area contributed by atoms with Crippen LogP contribution in [0.15, 0.2) is 60.8 Å². The zero-order chi connectivity index (χ0) is 48.6. The number of carbonyl (C=O) groups excluding carboxylic acids is 3. The summed E-state index contributed by atoms with van der Waals surface area (Å²) in [4.78, 5) is 38.1. The molecule has 0 saturated carbocycles. The summed E-state index contributed by atoms with van der Waals surface area (Å²) in [5.74, 6) is -0.882. The van der Waals surface area contributed by atoms with Crippen molar-refractivity contribution in [1.82, 2.24) is 0 Å². The van der Waals surface area contributed by atoms with Gasteiger partial charge in [0.05, 0.1) is 0 Å². The van der Waals surface area contributed by atoms with Crippen LogP contribution in [0.4, 0.5) is 0 Å². The molecule has 0 saturated heterocycles. The molecule has 0 bridgehead atoms. The van der Waals surface area contributed by atoms with Crippen LogP contribution in [0.3, 0.4) is 0 Å². The molecular formula is C61H108O6. The van der Waals surface area contributed by atoms with E-state index in [-0.39, 0.29) is 31.1 Å². The predicted molar refractivity (Wildman–Crippen MR) is 288 cm³/mol. The lowest BCUT2D eigenvalue weighted by atomic mass is 10.0. The van der Waals surface area contributed by atoms with Crippen molar-refractivity contribution in [2.45, 2.75) is 297 Å². The number of ether oxygens (including phenoxy) is 3. The Morgan fingerprint density at radius 2 is 0.582 bits per heavy atom. The number of rotatable bonds is 52. The topological polar surface area (TPSA) is 78.9 Å². The quantitative estimate of drug-likeness (QED) is 0.0262. The highest BCUT2D eigenvalue weighted by atomic mass is 16.6. The van der Waals surface area contributed by atoms with Crippen molar-refractivity contribution in [2.24, 2.45) is 0 Å². The summed E-state index contributed by atoms with van der Waals surface area (Å²) in [6, 6.07) is 0. The fourth-order valence-corrected chi connectivity index (χ4v) is 8.24. The van der Waals surface area contributed by atoms with Crippen LogP contribution in [-0.4, -0.2) is 37.2 Å². The molecule has 0 aromatic rings. The van der Waals surface area contributed by atoms with Gasteiger partial charge in [0.2, 0.25) is 0 Å². The van der Waals surface area contributed by atoms with Crippen LogP contribution in [0.1, 0.15) is 290 Å². The molecule has 6 nitrogen and oxygen atoms in total. The Labute approximate surface area is 415 Å². The summed E-state index contributed by atoms with van der Waals surface area (Å²) in [6.07, 6.45) is 69.2. The molecule has 1 unspecified atom stereocenters. The van der Waals surface area contributed by atoms with Gasteiger partial charge in [-0.3, -0.25) is 14.4 Å². The maximum Gasteiger partial charge on any atom is 0.306 e. The molecule has 0 N–H and O–H groups in total. The van der Waals surface area contributed by atoms with Gasteiger partial charge in [-0.05, 0) is 64.2 Å². The predicted octanol–water partition coefficient (Wildman–Crippen LogP) is 19.2. The van der Waals surface area contributed by atoms with E-state index in [1.54, 1.807) is 0 Å². The summed E-state index contributed by atoms with van der Waals surface area (Å²) in [6.45, 7) is 6.54. The van der Waals surface area contributed by atoms with E-state index in [0.29, 0.717) is 19.3 Å². The highest BCUT2D eigenvalue weighted by Crippen LogP contribution is 2.16. The third-order valence-electron chi connectivity index (χ3n) is 12.5. The van der Waals surface area contributed by atoms with Gasteiger partial charge in [0.1, 0.15) is 13.2 Å². The van der Waals surface area contributed by atoms with E-state index in [0.717, 1.165) is 109 Å². The Morgan fingerprint density at radius 1 is 0.313 bits per heavy atom. The zero-order valence-electron chi connectivity index (χ0n) is 44.4. The van der Waals surface area contributed by atoms with Gasteiger partial charge < -0.3 is 14.2 Å². The average molecular weight is 938 g/mol. The third-order valence-corrected chi connectivity index (χ3v) is 12.5. The fourth-order valence-electron chi connectivity index (χ4n) is 8.24. The summed E-state index contributed by atoms with van der Waals surface area (Å²) in [7, 11) is 0. The van der Waals surface area contributed by atoms with Gasteiger partial charge in [-0.25, -0.2) is 0 Å². The Kier molecular flexibility index (Phi) is 53.3. The summed E-state index contributed by atoms with van der Waals surface area (Å²) in [5, 5.41) is 0. The van der Waals surface area contributed by atoms with Gasteiger partial charge >= 0.3 is 17.9 Å². The van der Waals surface area contributed by atoms with Crippen molar-refractivity contribution in [3.8, 4) is 0 Å². The molecule has 0 aliphatic heterocycles. The Bertz CT molecular complexity index is 1210. The molecular weight excluding hydrogens is 829 g/mol. The van der Waals surface area contributed by atoms with E-state index >= 15 is 0 Å². The van der Waals surface area contributed by atoms with Crippen LogP contribution in [-0.2, 0) is 28.6 Å². The molecule has 0 fully saturated rings. The largest absolute Gasteiger partial charge is 0.462 e. The molecule has 0 aromatic heterocycles. The number of hydrogen-bond acceptors (Lipinski definition) is 6. The van der Waals surface area contributed by atoms with Gasteiger partial charge in [0.25, 0.3) is 0 Å². The monoisotopic (exact) mass is 937 g/mol. The molecule has 67 heavy (non-hydrogen) atoms. The second kappa shape index (κ2) is 55.7. The minimum Gasteiger partial charge on any atom is -0.462 e. The highest BCUT2D eigenvalue weighted by molar-refractivity contribution is 5.71. The van der Waals surface area contributed by atoms with E-state index in [4.69, 9.17) is 14.2 Å². The Hall–Kier alpha value is -2.89. The minimum absolute atomic E-state index is 0.0763. The minimum atomic E-state index is -0.778. The lowest BCUT2D eigenvalue weighted by molar-refractivity contribution is -0.167. The molecule has 0 rings (SSSR count). The number of carbonyl (C=O) groups is 3. The van der Waals surface area contributed by atoms with Crippen molar-refractivity contribution < 1.29 is 28.6 Å².